The number of nitriles is 1. The first kappa shape index (κ1) is 15.5. The van der Waals surface area contributed by atoms with E-state index in [9.17, 15) is 4.39 Å². The topological polar surface area (TPSA) is 36.3 Å². The number of methoxy groups -OCH3 is 1. The van der Waals surface area contributed by atoms with Crippen LogP contribution in [0, 0.1) is 17.1 Å². The molecule has 118 valence electrons. The van der Waals surface area contributed by atoms with Crippen molar-refractivity contribution in [1.29, 1.82) is 5.26 Å². The first-order valence-electron chi connectivity index (χ1n) is 7.78. The second-order valence-electron chi connectivity index (χ2n) is 5.82. The molecule has 3 rings (SSSR count). The second-order valence-corrected chi connectivity index (χ2v) is 5.82. The molecule has 1 fully saturated rings. The van der Waals surface area contributed by atoms with E-state index in [1.807, 2.05) is 18.2 Å². The molecule has 4 heteroatoms. The van der Waals surface area contributed by atoms with Crippen LogP contribution < -0.4 is 4.74 Å². The number of rotatable bonds is 4. The molecule has 0 aromatic heterocycles. The van der Waals surface area contributed by atoms with Crippen LogP contribution in [0.2, 0.25) is 0 Å². The lowest BCUT2D eigenvalue weighted by molar-refractivity contribution is 0.245. The molecule has 2 aromatic carbocycles. The maximum Gasteiger partial charge on any atom is 0.129 e. The minimum Gasteiger partial charge on any atom is -0.497 e. The normalized spacial score (nSPS) is 17.9. The van der Waals surface area contributed by atoms with Gasteiger partial charge in [0.15, 0.2) is 0 Å². The van der Waals surface area contributed by atoms with Crippen molar-refractivity contribution in [3.05, 3.63) is 65.0 Å². The lowest BCUT2D eigenvalue weighted by atomic mass is 10.0. The highest BCUT2D eigenvalue weighted by molar-refractivity contribution is 5.33. The van der Waals surface area contributed by atoms with E-state index in [0.29, 0.717) is 23.7 Å². The largest absolute Gasteiger partial charge is 0.497 e. The molecule has 1 atom stereocenters. The second kappa shape index (κ2) is 6.80. The summed E-state index contributed by atoms with van der Waals surface area (Å²) in [4.78, 5) is 2.30. The zero-order valence-electron chi connectivity index (χ0n) is 13.1. The molecule has 1 heterocycles. The molecule has 0 spiro atoms. The third-order valence-corrected chi connectivity index (χ3v) is 4.42. The standard InChI is InChI=1S/C19H19FN2O/c1-23-17-8-6-15(7-9-17)19-3-2-10-22(19)13-16-5-4-14(12-21)11-18(16)20/h4-9,11,19H,2-3,10,13H2,1H3/t19-/m0/s1. The molecule has 0 unspecified atom stereocenters. The number of hydrogen-bond acceptors (Lipinski definition) is 3. The number of likely N-dealkylation sites (tertiary alicyclic amines) is 1. The SMILES string of the molecule is COc1ccc([C@@H]2CCCN2Cc2ccc(C#N)cc2F)cc1. The Balaban J connectivity index is 1.77. The molecule has 2 aromatic rings. The summed E-state index contributed by atoms with van der Waals surface area (Å²) in [5.41, 5.74) is 2.24. The van der Waals surface area contributed by atoms with E-state index in [2.05, 4.69) is 17.0 Å². The van der Waals surface area contributed by atoms with Crippen molar-refractivity contribution >= 4 is 0 Å². The van der Waals surface area contributed by atoms with Gasteiger partial charge < -0.3 is 4.74 Å². The summed E-state index contributed by atoms with van der Waals surface area (Å²) >= 11 is 0. The van der Waals surface area contributed by atoms with Crippen LogP contribution in [0.3, 0.4) is 0 Å². The fourth-order valence-corrected chi connectivity index (χ4v) is 3.18. The van der Waals surface area contributed by atoms with Gasteiger partial charge in [-0.15, -0.1) is 0 Å². The Morgan fingerprint density at radius 1 is 1.26 bits per heavy atom. The van der Waals surface area contributed by atoms with Crippen LogP contribution in [0.15, 0.2) is 42.5 Å². The highest BCUT2D eigenvalue weighted by Gasteiger charge is 2.26. The molecule has 3 nitrogen and oxygen atoms in total. The summed E-state index contributed by atoms with van der Waals surface area (Å²) in [6, 6.07) is 15.1. The highest BCUT2D eigenvalue weighted by Crippen LogP contribution is 2.34. The molecule has 0 amide bonds. The Bertz CT molecular complexity index is 721. The van der Waals surface area contributed by atoms with E-state index < -0.39 is 0 Å². The number of hydrogen-bond donors (Lipinski definition) is 0. The van der Waals surface area contributed by atoms with Crippen molar-refractivity contribution in [1.82, 2.24) is 4.90 Å². The smallest absolute Gasteiger partial charge is 0.129 e. The van der Waals surface area contributed by atoms with E-state index in [1.54, 1.807) is 19.2 Å². The van der Waals surface area contributed by atoms with Gasteiger partial charge in [-0.3, -0.25) is 4.90 Å². The summed E-state index contributed by atoms with van der Waals surface area (Å²) < 4.78 is 19.3. The molecule has 0 N–H and O–H groups in total. The molecule has 0 radical (unpaired) electrons. The molecule has 1 aliphatic heterocycles. The average molecular weight is 310 g/mol. The van der Waals surface area contributed by atoms with Gasteiger partial charge in [0, 0.05) is 18.2 Å². The molecule has 0 aliphatic carbocycles. The van der Waals surface area contributed by atoms with Gasteiger partial charge in [-0.05, 0) is 49.2 Å². The molecular formula is C19H19FN2O. The van der Waals surface area contributed by atoms with Gasteiger partial charge in [0.2, 0.25) is 0 Å². The van der Waals surface area contributed by atoms with E-state index in [1.165, 1.54) is 11.6 Å². The third-order valence-electron chi connectivity index (χ3n) is 4.42. The van der Waals surface area contributed by atoms with Crippen molar-refractivity contribution in [2.24, 2.45) is 0 Å². The molecule has 1 aliphatic rings. The first-order chi connectivity index (χ1) is 11.2. The summed E-state index contributed by atoms with van der Waals surface area (Å²) in [6.45, 7) is 1.52. The van der Waals surface area contributed by atoms with Gasteiger partial charge in [-0.2, -0.15) is 5.26 Å². The van der Waals surface area contributed by atoms with Crippen LogP contribution in [-0.4, -0.2) is 18.6 Å². The lowest BCUT2D eigenvalue weighted by Crippen LogP contribution is -2.23. The molecule has 0 bridgehead atoms. The highest BCUT2D eigenvalue weighted by atomic mass is 19.1. The van der Waals surface area contributed by atoms with Gasteiger partial charge in [-0.1, -0.05) is 18.2 Å². The number of nitrogens with zero attached hydrogens (tertiary/aromatic N) is 2. The van der Waals surface area contributed by atoms with Crippen molar-refractivity contribution < 1.29 is 9.13 Å². The first-order valence-corrected chi connectivity index (χ1v) is 7.78. The van der Waals surface area contributed by atoms with Gasteiger partial charge in [-0.25, -0.2) is 4.39 Å². The fourth-order valence-electron chi connectivity index (χ4n) is 3.18. The Labute approximate surface area is 135 Å². The van der Waals surface area contributed by atoms with Crippen LogP contribution in [-0.2, 0) is 6.54 Å². The number of benzene rings is 2. The summed E-state index contributed by atoms with van der Waals surface area (Å²) in [5.74, 6) is 0.542. The quantitative estimate of drug-likeness (QED) is 0.855. The minimum atomic E-state index is -0.301. The summed E-state index contributed by atoms with van der Waals surface area (Å²) in [6.07, 6.45) is 2.18. The average Bonchev–Trinajstić information content (AvgIpc) is 3.05. The van der Waals surface area contributed by atoms with Gasteiger partial charge >= 0.3 is 0 Å². The Morgan fingerprint density at radius 2 is 2.04 bits per heavy atom. The Kier molecular flexibility index (Phi) is 4.59. The summed E-state index contributed by atoms with van der Waals surface area (Å²) in [7, 11) is 1.66. The van der Waals surface area contributed by atoms with E-state index in [-0.39, 0.29) is 5.82 Å². The van der Waals surface area contributed by atoms with Crippen molar-refractivity contribution in [2.75, 3.05) is 13.7 Å². The monoisotopic (exact) mass is 310 g/mol. The van der Waals surface area contributed by atoms with Gasteiger partial charge in [0.1, 0.15) is 11.6 Å². The summed E-state index contributed by atoms with van der Waals surface area (Å²) in [5, 5.41) is 8.83. The van der Waals surface area contributed by atoms with Crippen LogP contribution in [0.25, 0.3) is 0 Å². The van der Waals surface area contributed by atoms with Gasteiger partial charge in [0.05, 0.1) is 18.7 Å². The number of ether oxygens (including phenoxy) is 1. The van der Waals surface area contributed by atoms with Crippen LogP contribution in [0.1, 0.15) is 35.6 Å². The maximum absolute atomic E-state index is 14.1. The maximum atomic E-state index is 14.1. The predicted octanol–water partition coefficient (Wildman–Crippen LogP) is 4.04. The fraction of sp³-hybridized carbons (Fsp3) is 0.316. The van der Waals surface area contributed by atoms with Crippen molar-refractivity contribution in [2.45, 2.75) is 25.4 Å². The van der Waals surface area contributed by atoms with E-state index >= 15 is 0 Å². The van der Waals surface area contributed by atoms with Crippen LogP contribution in [0.4, 0.5) is 4.39 Å². The van der Waals surface area contributed by atoms with Gasteiger partial charge in [0.25, 0.3) is 0 Å². The zero-order valence-corrected chi connectivity index (χ0v) is 13.1. The molecule has 0 saturated carbocycles. The van der Waals surface area contributed by atoms with Crippen molar-refractivity contribution in [3.63, 3.8) is 0 Å². The third kappa shape index (κ3) is 3.35. The van der Waals surface area contributed by atoms with E-state index in [4.69, 9.17) is 10.00 Å². The minimum absolute atomic E-state index is 0.301. The van der Waals surface area contributed by atoms with Crippen molar-refractivity contribution in [3.8, 4) is 11.8 Å². The lowest BCUT2D eigenvalue weighted by Gasteiger charge is -2.25. The van der Waals surface area contributed by atoms with Crippen LogP contribution >= 0.6 is 0 Å². The Morgan fingerprint density at radius 3 is 2.70 bits per heavy atom. The number of halogens is 1. The zero-order chi connectivity index (χ0) is 16.2. The molecular weight excluding hydrogens is 291 g/mol. The van der Waals surface area contributed by atoms with E-state index in [0.717, 1.165) is 25.1 Å². The predicted molar refractivity (Wildman–Crippen MR) is 86.5 cm³/mol. The Hall–Kier alpha value is -2.38. The van der Waals surface area contributed by atoms with Crippen LogP contribution in [0.5, 0.6) is 5.75 Å². The molecule has 23 heavy (non-hydrogen) atoms. The molecule has 1 saturated heterocycles.